The number of rotatable bonds is 1. The first-order valence-electron chi connectivity index (χ1n) is 4.41. The summed E-state index contributed by atoms with van der Waals surface area (Å²) in [6.07, 6.45) is 1.60. The monoisotopic (exact) mass is 222 g/mol. The van der Waals surface area contributed by atoms with Crippen LogP contribution in [0.1, 0.15) is 10.9 Å². The van der Waals surface area contributed by atoms with Gasteiger partial charge in [-0.3, -0.25) is 0 Å². The van der Waals surface area contributed by atoms with Gasteiger partial charge in [0.15, 0.2) is 0 Å². The van der Waals surface area contributed by atoms with Crippen LogP contribution in [0.15, 0.2) is 35.7 Å². The van der Waals surface area contributed by atoms with E-state index in [1.807, 2.05) is 6.07 Å². The van der Waals surface area contributed by atoms with E-state index in [2.05, 4.69) is 15.6 Å². The molecule has 1 atom stereocenters. The van der Waals surface area contributed by atoms with Gasteiger partial charge in [0, 0.05) is 0 Å². The highest BCUT2D eigenvalue weighted by Gasteiger charge is 2.24. The summed E-state index contributed by atoms with van der Waals surface area (Å²) < 4.78 is 14.7. The van der Waals surface area contributed by atoms with Gasteiger partial charge in [-0.25, -0.2) is 9.07 Å². The Kier molecular flexibility index (Phi) is 1.88. The molecule has 1 aromatic carbocycles. The molecule has 4 nitrogen and oxygen atoms in total. The van der Waals surface area contributed by atoms with E-state index in [0.717, 1.165) is 10.7 Å². The van der Waals surface area contributed by atoms with Crippen molar-refractivity contribution in [2.75, 3.05) is 5.43 Å². The molecule has 0 saturated heterocycles. The molecule has 1 unspecified atom stereocenters. The van der Waals surface area contributed by atoms with E-state index in [1.165, 1.54) is 23.9 Å². The van der Waals surface area contributed by atoms with Crippen molar-refractivity contribution in [3.05, 3.63) is 42.0 Å². The van der Waals surface area contributed by atoms with Crippen molar-refractivity contribution in [1.82, 2.24) is 14.9 Å². The van der Waals surface area contributed by atoms with Gasteiger partial charge in [0.1, 0.15) is 17.5 Å². The van der Waals surface area contributed by atoms with Gasteiger partial charge in [0.25, 0.3) is 0 Å². The lowest BCUT2D eigenvalue weighted by Gasteiger charge is -2.09. The van der Waals surface area contributed by atoms with Gasteiger partial charge in [0.2, 0.25) is 5.16 Å². The van der Waals surface area contributed by atoms with Crippen LogP contribution < -0.4 is 5.43 Å². The summed E-state index contributed by atoms with van der Waals surface area (Å²) in [4.78, 5) is 0. The molecule has 0 spiro atoms. The maximum Gasteiger partial charge on any atom is 0.212 e. The molecule has 3 rings (SSSR count). The Hall–Kier alpha value is -1.56. The summed E-state index contributed by atoms with van der Waals surface area (Å²) in [5, 5.41) is 8.46. The van der Waals surface area contributed by atoms with E-state index >= 15 is 0 Å². The number of benzene rings is 1. The van der Waals surface area contributed by atoms with Crippen molar-refractivity contribution < 1.29 is 4.39 Å². The topological polar surface area (TPSA) is 42.7 Å². The van der Waals surface area contributed by atoms with Crippen LogP contribution in [0, 0.1) is 5.82 Å². The predicted octanol–water partition coefficient (Wildman–Crippen LogP) is 1.77. The number of aromatic nitrogens is 3. The zero-order valence-electron chi connectivity index (χ0n) is 7.59. The first-order valence-corrected chi connectivity index (χ1v) is 5.29. The number of hydrogen-bond acceptors (Lipinski definition) is 4. The second kappa shape index (κ2) is 3.23. The average molecular weight is 222 g/mol. The average Bonchev–Trinajstić information content (AvgIpc) is 2.76. The van der Waals surface area contributed by atoms with Crippen LogP contribution >= 0.6 is 11.8 Å². The van der Waals surface area contributed by atoms with Gasteiger partial charge in [-0.1, -0.05) is 23.9 Å². The second-order valence-corrected chi connectivity index (χ2v) is 4.24. The van der Waals surface area contributed by atoms with Gasteiger partial charge in [-0.2, -0.15) is 0 Å². The highest BCUT2D eigenvalue weighted by Crippen LogP contribution is 2.37. The molecule has 0 fully saturated rings. The summed E-state index contributed by atoms with van der Waals surface area (Å²) >= 11 is 1.52. The number of nitrogens with zero attached hydrogens (tertiary/aromatic N) is 3. The molecule has 2 aromatic rings. The maximum absolute atomic E-state index is 13.0. The lowest BCUT2D eigenvalue weighted by Crippen LogP contribution is -2.11. The molecule has 0 saturated carbocycles. The number of fused-ring (bicyclic) bond motifs is 1. The summed E-state index contributed by atoms with van der Waals surface area (Å²) in [6.45, 7) is 0. The van der Waals surface area contributed by atoms with Crippen molar-refractivity contribution in [3.63, 3.8) is 0 Å². The Labute approximate surface area is 89.5 Å². The highest BCUT2D eigenvalue weighted by molar-refractivity contribution is 7.99. The maximum atomic E-state index is 13.0. The van der Waals surface area contributed by atoms with E-state index in [-0.39, 0.29) is 11.2 Å². The van der Waals surface area contributed by atoms with Crippen LogP contribution in [0.2, 0.25) is 0 Å². The van der Waals surface area contributed by atoms with Crippen LogP contribution in [0.3, 0.4) is 0 Å². The van der Waals surface area contributed by atoms with Crippen LogP contribution in [0.4, 0.5) is 4.39 Å². The molecule has 1 aliphatic rings. The number of nitrogens with one attached hydrogen (secondary N) is 1. The molecular weight excluding hydrogens is 215 g/mol. The standard InChI is InChI=1S/C9H7FN4S/c10-7-3-1-2-6(4-7)8-13-14-5-11-12-9(14)15-8/h1-5,8,13H. The van der Waals surface area contributed by atoms with E-state index < -0.39 is 0 Å². The van der Waals surface area contributed by atoms with Crippen molar-refractivity contribution in [3.8, 4) is 0 Å². The van der Waals surface area contributed by atoms with Crippen LogP contribution in [0.5, 0.6) is 0 Å². The van der Waals surface area contributed by atoms with Crippen LogP contribution in [-0.2, 0) is 0 Å². The summed E-state index contributed by atoms with van der Waals surface area (Å²) in [6, 6.07) is 6.54. The van der Waals surface area contributed by atoms with Crippen molar-refractivity contribution >= 4 is 11.8 Å². The lowest BCUT2D eigenvalue weighted by atomic mass is 10.2. The van der Waals surface area contributed by atoms with Crippen LogP contribution in [-0.4, -0.2) is 14.9 Å². The summed E-state index contributed by atoms with van der Waals surface area (Å²) in [5.74, 6) is -0.224. The van der Waals surface area contributed by atoms with Gasteiger partial charge < -0.3 is 5.43 Å². The molecule has 1 N–H and O–H groups in total. The van der Waals surface area contributed by atoms with Crippen molar-refractivity contribution in [2.45, 2.75) is 10.5 Å². The molecule has 1 aliphatic heterocycles. The largest absolute Gasteiger partial charge is 0.304 e. The molecule has 6 heteroatoms. The van der Waals surface area contributed by atoms with E-state index in [1.54, 1.807) is 17.1 Å². The second-order valence-electron chi connectivity index (χ2n) is 3.17. The first-order chi connectivity index (χ1) is 7.33. The lowest BCUT2D eigenvalue weighted by molar-refractivity contribution is 0.625. The minimum absolute atomic E-state index is 0.00574. The predicted molar refractivity (Wildman–Crippen MR) is 54.4 cm³/mol. The molecule has 0 radical (unpaired) electrons. The zero-order valence-corrected chi connectivity index (χ0v) is 8.41. The quantitative estimate of drug-likeness (QED) is 0.798. The number of thioether (sulfide) groups is 1. The molecular formula is C9H7FN4S. The van der Waals surface area contributed by atoms with Crippen molar-refractivity contribution in [2.24, 2.45) is 0 Å². The minimum atomic E-state index is -0.224. The third-order valence-corrected chi connectivity index (χ3v) is 3.25. The van der Waals surface area contributed by atoms with E-state index in [0.29, 0.717) is 0 Å². The molecule has 0 aliphatic carbocycles. The minimum Gasteiger partial charge on any atom is -0.304 e. The fourth-order valence-corrected chi connectivity index (χ4v) is 2.43. The Morgan fingerprint density at radius 3 is 3.20 bits per heavy atom. The highest BCUT2D eigenvalue weighted by atomic mass is 32.2. The molecule has 1 aromatic heterocycles. The van der Waals surface area contributed by atoms with E-state index in [4.69, 9.17) is 0 Å². The SMILES string of the molecule is Fc1cccc(C2Nn3cnnc3S2)c1. The van der Waals surface area contributed by atoms with Gasteiger partial charge in [0.05, 0.1) is 0 Å². The normalized spacial score (nSPS) is 18.6. The summed E-state index contributed by atoms with van der Waals surface area (Å²) in [7, 11) is 0. The fourth-order valence-electron chi connectivity index (χ4n) is 1.46. The van der Waals surface area contributed by atoms with Gasteiger partial charge in [-0.15, -0.1) is 10.2 Å². The Morgan fingerprint density at radius 1 is 1.47 bits per heavy atom. The zero-order chi connectivity index (χ0) is 10.3. The third kappa shape index (κ3) is 1.46. The van der Waals surface area contributed by atoms with Gasteiger partial charge in [-0.05, 0) is 17.7 Å². The van der Waals surface area contributed by atoms with E-state index in [9.17, 15) is 4.39 Å². The Morgan fingerprint density at radius 2 is 2.40 bits per heavy atom. The first kappa shape index (κ1) is 8.72. The third-order valence-electron chi connectivity index (χ3n) is 2.15. The Bertz CT molecular complexity index is 478. The number of halogens is 1. The molecule has 0 bridgehead atoms. The fraction of sp³-hybridized carbons (Fsp3) is 0.111. The Balaban J connectivity index is 1.90. The summed E-state index contributed by atoms with van der Waals surface area (Å²) in [5.41, 5.74) is 4.04. The van der Waals surface area contributed by atoms with Gasteiger partial charge >= 0.3 is 0 Å². The molecule has 15 heavy (non-hydrogen) atoms. The molecule has 76 valence electrons. The van der Waals surface area contributed by atoms with Crippen LogP contribution in [0.25, 0.3) is 0 Å². The smallest absolute Gasteiger partial charge is 0.212 e. The number of hydrogen-bond donors (Lipinski definition) is 1. The molecule has 0 amide bonds. The van der Waals surface area contributed by atoms with Crippen molar-refractivity contribution in [1.29, 1.82) is 0 Å². The molecule has 2 heterocycles.